The van der Waals surface area contributed by atoms with Crippen molar-refractivity contribution in [2.45, 2.75) is 71.6 Å². The molecular weight excluding hydrogens is 492 g/mol. The van der Waals surface area contributed by atoms with Crippen LogP contribution in [0, 0.1) is 5.92 Å². The van der Waals surface area contributed by atoms with Crippen LogP contribution in [0.4, 0.5) is 5.69 Å². The third-order valence-electron chi connectivity index (χ3n) is 6.64. The van der Waals surface area contributed by atoms with E-state index in [4.69, 9.17) is 0 Å². The molecule has 0 radical (unpaired) electrons. The number of amides is 2. The maximum absolute atomic E-state index is 13.5. The molecule has 2 atom stereocenters. The summed E-state index contributed by atoms with van der Waals surface area (Å²) >= 11 is 0. The average Bonchev–Trinajstić information content (AvgIpc) is 3.50. The summed E-state index contributed by atoms with van der Waals surface area (Å²) in [6, 6.07) is 15.1. The van der Waals surface area contributed by atoms with Gasteiger partial charge >= 0.3 is 0 Å². The van der Waals surface area contributed by atoms with Crippen LogP contribution in [0.2, 0.25) is 0 Å². The van der Waals surface area contributed by atoms with E-state index in [1.54, 1.807) is 7.05 Å². The number of aromatic amines is 1. The summed E-state index contributed by atoms with van der Waals surface area (Å²) < 4.78 is 4.55. The maximum atomic E-state index is 13.5. The van der Waals surface area contributed by atoms with Gasteiger partial charge in [0.15, 0.2) is 0 Å². The van der Waals surface area contributed by atoms with E-state index < -0.39 is 12.1 Å². The molecule has 0 spiro atoms. The third kappa shape index (κ3) is 8.17. The lowest BCUT2D eigenvalue weighted by atomic mass is 10.0. The number of anilines is 1. The number of rotatable bonds is 9. The zero-order valence-electron chi connectivity index (χ0n) is 23.9. The Morgan fingerprint density at radius 1 is 1.08 bits per heavy atom. The number of carbonyl (C=O) groups is 3. The fourth-order valence-corrected chi connectivity index (χ4v) is 4.71. The minimum absolute atomic E-state index is 0.0288. The van der Waals surface area contributed by atoms with Crippen molar-refractivity contribution in [3.05, 3.63) is 65.9 Å². The number of benzene rings is 2. The lowest BCUT2D eigenvalue weighted by Crippen LogP contribution is -2.54. The lowest BCUT2D eigenvalue weighted by Gasteiger charge is -2.27. The average molecular weight is 535 g/mol. The Balaban J connectivity index is 0.000000532. The van der Waals surface area contributed by atoms with Crippen LogP contribution in [0.3, 0.4) is 0 Å². The van der Waals surface area contributed by atoms with E-state index in [0.717, 1.165) is 28.6 Å². The Kier molecular flexibility index (Phi) is 10.3. The number of hydrogen-bond acceptors (Lipinski definition) is 5. The van der Waals surface area contributed by atoms with Gasteiger partial charge in [-0.2, -0.15) is 0 Å². The zero-order valence-corrected chi connectivity index (χ0v) is 23.9. The molecule has 3 N–H and O–H groups in total. The van der Waals surface area contributed by atoms with Gasteiger partial charge in [0.1, 0.15) is 11.6 Å². The molecule has 2 amide bonds. The largest absolute Gasteiger partial charge is 0.462 e. The van der Waals surface area contributed by atoms with Crippen LogP contribution in [0.1, 0.15) is 52.2 Å². The predicted molar refractivity (Wildman–Crippen MR) is 156 cm³/mol. The predicted octanol–water partition coefficient (Wildman–Crippen LogP) is 4.38. The second-order valence-corrected chi connectivity index (χ2v) is 11.3. The summed E-state index contributed by atoms with van der Waals surface area (Å²) in [5.74, 6) is 0.104. The topological polar surface area (TPSA) is 104 Å². The summed E-state index contributed by atoms with van der Waals surface area (Å²) in [5, 5.41) is 7.32. The molecule has 4 rings (SSSR count). The van der Waals surface area contributed by atoms with Crippen LogP contribution in [0.25, 0.3) is 10.9 Å². The first-order valence-electron chi connectivity index (χ1n) is 13.6. The smallest absolute Gasteiger partial charge is 0.293 e. The van der Waals surface area contributed by atoms with Gasteiger partial charge in [0.25, 0.3) is 6.47 Å². The molecular formula is C31H42N4O4. The first-order valence-corrected chi connectivity index (χ1v) is 13.6. The van der Waals surface area contributed by atoms with Gasteiger partial charge < -0.3 is 25.3 Å². The molecule has 2 unspecified atom stereocenters. The van der Waals surface area contributed by atoms with Crippen LogP contribution < -0.4 is 15.5 Å². The Hall–Kier alpha value is -3.65. The van der Waals surface area contributed by atoms with Crippen molar-refractivity contribution in [1.82, 2.24) is 15.6 Å². The number of hydrogen-bond donors (Lipinski definition) is 3. The monoisotopic (exact) mass is 534 g/mol. The molecule has 1 aromatic heterocycles. The highest BCUT2D eigenvalue weighted by molar-refractivity contribution is 6.01. The third-order valence-corrected chi connectivity index (χ3v) is 6.64. The van der Waals surface area contributed by atoms with Crippen molar-refractivity contribution < 1.29 is 19.1 Å². The lowest BCUT2D eigenvalue weighted by molar-refractivity contribution is -0.138. The number of fused-ring (bicyclic) bond motifs is 2. The standard InChI is InChI=1S/C26H32N4O2.C5H10O2/c1-17(2)14-23(26(32)30-13-12-18-8-4-7-11-24(18)30)29-25(31)22(27-3)15-19-16-28-21-10-6-5-9-20(19)21;1-5(2,3)7-4-6/h4-11,16-17,22-23,27-28H,12-15H2,1-3H3,(H,29,31);4H,1-3H3. The van der Waals surface area contributed by atoms with Crippen LogP contribution >= 0.6 is 0 Å². The number of likely N-dealkylation sites (N-methyl/N-ethyl adjacent to an activating group) is 1. The van der Waals surface area contributed by atoms with Gasteiger partial charge in [-0.3, -0.25) is 14.4 Å². The Morgan fingerprint density at radius 2 is 1.77 bits per heavy atom. The molecule has 1 aliphatic rings. The molecule has 0 saturated carbocycles. The summed E-state index contributed by atoms with van der Waals surface area (Å²) in [6.45, 7) is 10.7. The van der Waals surface area contributed by atoms with E-state index in [1.165, 1.54) is 5.56 Å². The van der Waals surface area contributed by atoms with E-state index in [-0.39, 0.29) is 23.3 Å². The highest BCUT2D eigenvalue weighted by atomic mass is 16.5. The van der Waals surface area contributed by atoms with Crippen LogP contribution in [0.15, 0.2) is 54.7 Å². The molecule has 1 aliphatic heterocycles. The summed E-state index contributed by atoms with van der Waals surface area (Å²) in [6.07, 6.45) is 3.96. The zero-order chi connectivity index (χ0) is 28.6. The van der Waals surface area contributed by atoms with E-state index in [1.807, 2.05) is 68.3 Å². The number of ether oxygens (including phenoxy) is 1. The van der Waals surface area contributed by atoms with Crippen LogP contribution in [-0.4, -0.2) is 54.5 Å². The molecule has 0 aliphatic carbocycles. The van der Waals surface area contributed by atoms with Gasteiger partial charge in [0.2, 0.25) is 11.8 Å². The molecule has 8 heteroatoms. The first-order chi connectivity index (χ1) is 18.5. The van der Waals surface area contributed by atoms with Crippen LogP contribution in [-0.2, 0) is 32.0 Å². The fourth-order valence-electron chi connectivity index (χ4n) is 4.71. The number of carbonyl (C=O) groups excluding carboxylic acids is 3. The fraction of sp³-hybridized carbons (Fsp3) is 0.452. The molecule has 210 valence electrons. The van der Waals surface area contributed by atoms with Gasteiger partial charge in [-0.05, 0) is 76.3 Å². The highest BCUT2D eigenvalue weighted by Crippen LogP contribution is 2.28. The van der Waals surface area contributed by atoms with E-state index in [2.05, 4.69) is 46.3 Å². The minimum Gasteiger partial charge on any atom is -0.462 e. The van der Waals surface area contributed by atoms with Gasteiger partial charge in [-0.15, -0.1) is 0 Å². The molecule has 2 aromatic carbocycles. The Morgan fingerprint density at radius 3 is 2.41 bits per heavy atom. The summed E-state index contributed by atoms with van der Waals surface area (Å²) in [5.41, 5.74) is 3.96. The molecule has 0 bridgehead atoms. The van der Waals surface area contributed by atoms with Crippen LogP contribution in [0.5, 0.6) is 0 Å². The number of H-pyrrole nitrogens is 1. The second kappa shape index (κ2) is 13.4. The van der Waals surface area contributed by atoms with E-state index >= 15 is 0 Å². The Bertz CT molecular complexity index is 1260. The van der Waals surface area contributed by atoms with E-state index in [0.29, 0.717) is 25.9 Å². The minimum atomic E-state index is -0.549. The van der Waals surface area contributed by atoms with Crippen molar-refractivity contribution >= 4 is 34.9 Å². The number of nitrogens with zero attached hydrogens (tertiary/aromatic N) is 1. The van der Waals surface area contributed by atoms with Crippen molar-refractivity contribution in [2.75, 3.05) is 18.5 Å². The number of nitrogens with one attached hydrogen (secondary N) is 3. The molecule has 0 fully saturated rings. The number of para-hydroxylation sites is 2. The molecule has 0 saturated heterocycles. The highest BCUT2D eigenvalue weighted by Gasteiger charge is 2.32. The molecule has 3 aromatic rings. The normalized spacial score (nSPS) is 14.3. The molecule has 8 nitrogen and oxygen atoms in total. The maximum Gasteiger partial charge on any atom is 0.293 e. The van der Waals surface area contributed by atoms with Gasteiger partial charge in [0.05, 0.1) is 6.04 Å². The van der Waals surface area contributed by atoms with Crippen molar-refractivity contribution in [2.24, 2.45) is 5.92 Å². The molecule has 2 heterocycles. The van der Waals surface area contributed by atoms with Crippen molar-refractivity contribution in [3.63, 3.8) is 0 Å². The van der Waals surface area contributed by atoms with Gasteiger partial charge in [-0.1, -0.05) is 50.2 Å². The van der Waals surface area contributed by atoms with Crippen molar-refractivity contribution in [1.29, 1.82) is 0 Å². The van der Waals surface area contributed by atoms with Crippen molar-refractivity contribution in [3.8, 4) is 0 Å². The van der Waals surface area contributed by atoms with E-state index in [9.17, 15) is 14.4 Å². The van der Waals surface area contributed by atoms with Gasteiger partial charge in [0, 0.05) is 29.3 Å². The first kappa shape index (κ1) is 29.9. The second-order valence-electron chi connectivity index (χ2n) is 11.3. The SMILES string of the molecule is CC(C)(C)OC=O.CNC(Cc1c[nH]c2ccccc12)C(=O)NC(CC(C)C)C(=O)N1CCc2ccccc21. The summed E-state index contributed by atoms with van der Waals surface area (Å²) in [7, 11) is 1.79. The number of aromatic nitrogens is 1. The quantitative estimate of drug-likeness (QED) is 0.354. The van der Waals surface area contributed by atoms with Gasteiger partial charge in [-0.25, -0.2) is 0 Å². The summed E-state index contributed by atoms with van der Waals surface area (Å²) in [4.78, 5) is 41.4. The molecule has 39 heavy (non-hydrogen) atoms. The Labute approximate surface area is 231 Å².